The number of nitrogens with zero attached hydrogens (tertiary/aromatic N) is 4. The van der Waals surface area contributed by atoms with Crippen LogP contribution in [0.25, 0.3) is 0 Å². The van der Waals surface area contributed by atoms with E-state index in [1.54, 1.807) is 11.0 Å². The van der Waals surface area contributed by atoms with Crippen molar-refractivity contribution in [3.63, 3.8) is 0 Å². The van der Waals surface area contributed by atoms with Crippen molar-refractivity contribution in [1.82, 2.24) is 14.7 Å². The zero-order valence-corrected chi connectivity index (χ0v) is 16.8. The van der Waals surface area contributed by atoms with E-state index in [9.17, 15) is 9.59 Å². The maximum Gasteiger partial charge on any atom is 0.246 e. The van der Waals surface area contributed by atoms with Crippen LogP contribution in [0.2, 0.25) is 10.0 Å². The number of halogens is 2. The van der Waals surface area contributed by atoms with Gasteiger partial charge in [-0.05, 0) is 18.2 Å². The summed E-state index contributed by atoms with van der Waals surface area (Å²) in [5, 5.41) is 12.7. The summed E-state index contributed by atoms with van der Waals surface area (Å²) in [6.45, 7) is 7.89. The van der Waals surface area contributed by atoms with Gasteiger partial charge in [0.25, 0.3) is 0 Å². The normalized spacial score (nSPS) is 17.6. The van der Waals surface area contributed by atoms with Crippen molar-refractivity contribution in [1.29, 1.82) is 5.26 Å². The minimum Gasteiger partial charge on any atom is -0.375 e. The molecule has 2 aliphatic rings. The maximum atomic E-state index is 12.5. The fourth-order valence-corrected chi connectivity index (χ4v) is 3.88. The average molecular weight is 422 g/mol. The van der Waals surface area contributed by atoms with E-state index in [-0.39, 0.29) is 23.4 Å². The largest absolute Gasteiger partial charge is 0.375 e. The third-order valence-electron chi connectivity index (χ3n) is 5.14. The van der Waals surface area contributed by atoms with Gasteiger partial charge in [-0.25, -0.2) is 0 Å². The molecule has 2 aliphatic heterocycles. The highest BCUT2D eigenvalue weighted by molar-refractivity contribution is 6.37. The molecular weight excluding hydrogens is 401 g/mol. The lowest BCUT2D eigenvalue weighted by atomic mass is 10.1. The van der Waals surface area contributed by atoms with Gasteiger partial charge in [0, 0.05) is 45.3 Å². The zero-order valence-electron chi connectivity index (χ0n) is 15.3. The lowest BCUT2D eigenvalue weighted by Gasteiger charge is -2.47. The molecule has 2 heterocycles. The summed E-state index contributed by atoms with van der Waals surface area (Å²) in [6, 6.07) is 5.39. The van der Waals surface area contributed by atoms with Crippen LogP contribution in [0.3, 0.4) is 0 Å². The van der Waals surface area contributed by atoms with E-state index in [2.05, 4.69) is 16.8 Å². The lowest BCUT2D eigenvalue weighted by molar-refractivity contribution is -0.135. The van der Waals surface area contributed by atoms with Crippen molar-refractivity contribution in [2.75, 3.05) is 51.1 Å². The number of rotatable bonds is 5. The summed E-state index contributed by atoms with van der Waals surface area (Å²) in [5.41, 5.74) is 0.815. The van der Waals surface area contributed by atoms with Crippen LogP contribution < -0.4 is 5.32 Å². The van der Waals surface area contributed by atoms with Gasteiger partial charge in [0.1, 0.15) is 6.07 Å². The molecule has 0 aromatic heterocycles. The number of carbonyl (C=O) groups excluding carboxylic acids is 2. The summed E-state index contributed by atoms with van der Waals surface area (Å²) in [4.78, 5) is 29.9. The Morgan fingerprint density at radius 1 is 1.18 bits per heavy atom. The van der Waals surface area contributed by atoms with E-state index in [1.807, 2.05) is 11.0 Å². The lowest BCUT2D eigenvalue weighted by Crippen LogP contribution is -2.64. The van der Waals surface area contributed by atoms with Gasteiger partial charge in [0.05, 0.1) is 27.8 Å². The molecule has 2 saturated heterocycles. The third kappa shape index (κ3) is 4.41. The highest BCUT2D eigenvalue weighted by Gasteiger charge is 2.35. The van der Waals surface area contributed by atoms with Crippen molar-refractivity contribution in [2.45, 2.75) is 6.04 Å². The molecule has 0 radical (unpaired) electrons. The SMILES string of the molecule is C=CC(=O)N1CC(N2CCN(C(=O)CNc3cc(C#N)c(Cl)cc3Cl)CC2)C1. The molecule has 3 rings (SSSR count). The fourth-order valence-electron chi connectivity index (χ4n) is 3.38. The molecule has 1 N–H and O–H groups in total. The number of likely N-dealkylation sites (tertiary alicyclic amines) is 1. The van der Waals surface area contributed by atoms with E-state index >= 15 is 0 Å². The Labute approximate surface area is 174 Å². The molecule has 0 atom stereocenters. The maximum absolute atomic E-state index is 12.5. The van der Waals surface area contributed by atoms with Crippen LogP contribution in [0.5, 0.6) is 0 Å². The third-order valence-corrected chi connectivity index (χ3v) is 5.76. The number of nitrogens with one attached hydrogen (secondary N) is 1. The molecule has 2 fully saturated rings. The molecule has 148 valence electrons. The van der Waals surface area contributed by atoms with Crippen molar-refractivity contribution >= 4 is 40.7 Å². The number of hydrogen-bond acceptors (Lipinski definition) is 5. The Kier molecular flexibility index (Phi) is 6.45. The molecule has 2 amide bonds. The standard InChI is InChI=1S/C19H21Cl2N5O2/c1-2-18(27)26-11-14(12-26)24-3-5-25(6-4-24)19(28)10-23-17-7-13(9-22)15(20)8-16(17)21/h2,7-8,14,23H,1,3-6,10-12H2. The molecular formula is C19H21Cl2N5O2. The Morgan fingerprint density at radius 2 is 1.86 bits per heavy atom. The second-order valence-corrected chi connectivity index (χ2v) is 7.61. The van der Waals surface area contributed by atoms with Gasteiger partial charge in [-0.15, -0.1) is 0 Å². The molecule has 9 heteroatoms. The molecule has 1 aromatic rings. The van der Waals surface area contributed by atoms with E-state index in [0.717, 1.165) is 26.2 Å². The predicted molar refractivity (Wildman–Crippen MR) is 108 cm³/mol. The van der Waals surface area contributed by atoms with Gasteiger partial charge < -0.3 is 15.1 Å². The van der Waals surface area contributed by atoms with Crippen molar-refractivity contribution in [3.05, 3.63) is 40.4 Å². The minimum absolute atomic E-state index is 0.0266. The van der Waals surface area contributed by atoms with Crippen molar-refractivity contribution < 1.29 is 9.59 Å². The minimum atomic E-state index is -0.0310. The topological polar surface area (TPSA) is 79.7 Å². The molecule has 0 saturated carbocycles. The number of carbonyl (C=O) groups is 2. The van der Waals surface area contributed by atoms with E-state index in [0.29, 0.717) is 35.4 Å². The van der Waals surface area contributed by atoms with E-state index in [4.69, 9.17) is 28.5 Å². The second kappa shape index (κ2) is 8.82. The van der Waals surface area contributed by atoms with Crippen LogP contribution in [-0.2, 0) is 9.59 Å². The fraction of sp³-hybridized carbons (Fsp3) is 0.421. The van der Waals surface area contributed by atoms with Gasteiger partial charge in [-0.1, -0.05) is 29.8 Å². The molecule has 0 spiro atoms. The Balaban J connectivity index is 1.46. The zero-order chi connectivity index (χ0) is 20.3. The number of piperazine rings is 1. The molecule has 7 nitrogen and oxygen atoms in total. The number of amides is 2. The predicted octanol–water partition coefficient (Wildman–Crippen LogP) is 1.82. The quantitative estimate of drug-likeness (QED) is 0.733. The average Bonchev–Trinajstić information content (AvgIpc) is 2.66. The van der Waals surface area contributed by atoms with Crippen LogP contribution >= 0.6 is 23.2 Å². The highest BCUT2D eigenvalue weighted by atomic mass is 35.5. The summed E-state index contributed by atoms with van der Waals surface area (Å²) in [7, 11) is 0. The van der Waals surface area contributed by atoms with Gasteiger partial charge in [-0.3, -0.25) is 14.5 Å². The summed E-state index contributed by atoms with van der Waals surface area (Å²) >= 11 is 12.1. The van der Waals surface area contributed by atoms with Gasteiger partial charge >= 0.3 is 0 Å². The molecule has 1 aromatic carbocycles. The van der Waals surface area contributed by atoms with Crippen molar-refractivity contribution in [2.24, 2.45) is 0 Å². The number of hydrogen-bond donors (Lipinski definition) is 1. The van der Waals surface area contributed by atoms with Gasteiger partial charge in [-0.2, -0.15) is 5.26 Å². The number of anilines is 1. The van der Waals surface area contributed by atoms with E-state index in [1.165, 1.54) is 12.1 Å². The van der Waals surface area contributed by atoms with Crippen LogP contribution in [-0.4, -0.2) is 78.4 Å². The van der Waals surface area contributed by atoms with Crippen LogP contribution in [0.4, 0.5) is 5.69 Å². The molecule has 0 aliphatic carbocycles. The van der Waals surface area contributed by atoms with Gasteiger partial charge in [0.2, 0.25) is 11.8 Å². The van der Waals surface area contributed by atoms with Crippen molar-refractivity contribution in [3.8, 4) is 6.07 Å². The summed E-state index contributed by atoms with van der Waals surface area (Å²) in [5.74, 6) is -0.0576. The Bertz CT molecular complexity index is 824. The van der Waals surface area contributed by atoms with Gasteiger partial charge in [0.15, 0.2) is 0 Å². The summed E-state index contributed by atoms with van der Waals surface area (Å²) < 4.78 is 0. The Hall–Kier alpha value is -2.27. The first-order chi connectivity index (χ1) is 13.4. The first-order valence-electron chi connectivity index (χ1n) is 8.99. The van der Waals surface area contributed by atoms with Crippen LogP contribution in [0, 0.1) is 11.3 Å². The molecule has 0 bridgehead atoms. The van der Waals surface area contributed by atoms with Crippen LogP contribution in [0.15, 0.2) is 24.8 Å². The molecule has 28 heavy (non-hydrogen) atoms. The second-order valence-electron chi connectivity index (χ2n) is 6.80. The number of benzene rings is 1. The van der Waals surface area contributed by atoms with E-state index < -0.39 is 0 Å². The highest BCUT2D eigenvalue weighted by Crippen LogP contribution is 2.28. The monoisotopic (exact) mass is 421 g/mol. The molecule has 0 unspecified atom stereocenters. The smallest absolute Gasteiger partial charge is 0.246 e. The first kappa shape index (κ1) is 20.5. The first-order valence-corrected chi connectivity index (χ1v) is 9.74. The summed E-state index contributed by atoms with van der Waals surface area (Å²) in [6.07, 6.45) is 1.34. The Morgan fingerprint density at radius 3 is 2.46 bits per heavy atom. The number of nitriles is 1. The van der Waals surface area contributed by atoms with Crippen LogP contribution in [0.1, 0.15) is 5.56 Å².